The summed E-state index contributed by atoms with van der Waals surface area (Å²) in [7, 11) is 0. The van der Waals surface area contributed by atoms with Crippen molar-refractivity contribution in [1.29, 1.82) is 0 Å². The number of carbonyl (C=O) groups excluding carboxylic acids is 2. The molecule has 0 aliphatic carbocycles. The van der Waals surface area contributed by atoms with E-state index in [0.717, 1.165) is 0 Å². The summed E-state index contributed by atoms with van der Waals surface area (Å²) < 4.78 is 10.3. The van der Waals surface area contributed by atoms with E-state index in [9.17, 15) is 9.59 Å². The summed E-state index contributed by atoms with van der Waals surface area (Å²) in [6, 6.07) is 9.03. The molecule has 0 N–H and O–H groups in total. The van der Waals surface area contributed by atoms with Crippen LogP contribution in [0.3, 0.4) is 0 Å². The van der Waals surface area contributed by atoms with Gasteiger partial charge in [0.2, 0.25) is 0 Å². The van der Waals surface area contributed by atoms with E-state index in [1.807, 2.05) is 18.2 Å². The summed E-state index contributed by atoms with van der Waals surface area (Å²) in [4.78, 5) is 23.2. The second kappa shape index (κ2) is 6.19. The molecule has 0 fully saturated rings. The highest BCUT2D eigenvalue weighted by molar-refractivity contribution is 6.00. The molecule has 0 heterocycles. The molecule has 0 aliphatic rings. The van der Waals surface area contributed by atoms with Gasteiger partial charge in [-0.15, -0.1) is 0 Å². The van der Waals surface area contributed by atoms with Gasteiger partial charge in [0.15, 0.2) is 11.4 Å². The van der Waals surface area contributed by atoms with Gasteiger partial charge in [0.1, 0.15) is 12.2 Å². The number of carbonyl (C=O) groups is 2. The molecule has 1 rings (SSSR count). The number of hydrogen-bond acceptors (Lipinski definition) is 4. The Morgan fingerprint density at radius 2 is 1.78 bits per heavy atom. The topological polar surface area (TPSA) is 52.6 Å². The van der Waals surface area contributed by atoms with Gasteiger partial charge in [-0.3, -0.25) is 9.59 Å². The molecule has 0 saturated heterocycles. The summed E-state index contributed by atoms with van der Waals surface area (Å²) in [5, 5.41) is 0. The van der Waals surface area contributed by atoms with Crippen molar-refractivity contribution in [3.63, 3.8) is 0 Å². The van der Waals surface area contributed by atoms with Crippen molar-refractivity contribution >= 4 is 11.8 Å². The minimum atomic E-state index is -1.05. The first kappa shape index (κ1) is 14.2. The minimum absolute atomic E-state index is 0.270. The molecule has 4 heteroatoms. The summed E-state index contributed by atoms with van der Waals surface area (Å²) in [5.74, 6) is -0.225. The number of rotatable bonds is 6. The van der Waals surface area contributed by atoms with Crippen LogP contribution in [0.1, 0.15) is 27.2 Å². The van der Waals surface area contributed by atoms with Gasteiger partial charge < -0.3 is 9.47 Å². The maximum absolute atomic E-state index is 11.9. The summed E-state index contributed by atoms with van der Waals surface area (Å²) in [6.45, 7) is 5.25. The fraction of sp³-hybridized carbons (Fsp3) is 0.429. The third-order valence-electron chi connectivity index (χ3n) is 2.40. The molecule has 0 atom stereocenters. The van der Waals surface area contributed by atoms with E-state index in [-0.39, 0.29) is 18.8 Å². The van der Waals surface area contributed by atoms with Crippen molar-refractivity contribution in [2.45, 2.75) is 32.8 Å². The lowest BCUT2D eigenvalue weighted by atomic mass is 10.0. The van der Waals surface area contributed by atoms with Gasteiger partial charge in [-0.25, -0.2) is 0 Å². The zero-order valence-electron chi connectivity index (χ0n) is 10.9. The van der Waals surface area contributed by atoms with Crippen molar-refractivity contribution in [3.05, 3.63) is 30.3 Å². The highest BCUT2D eigenvalue weighted by atomic mass is 16.5. The van der Waals surface area contributed by atoms with Crippen molar-refractivity contribution in [1.82, 2.24) is 0 Å². The Bertz CT molecular complexity index is 409. The van der Waals surface area contributed by atoms with Crippen LogP contribution in [0.5, 0.6) is 5.75 Å². The first-order valence-corrected chi connectivity index (χ1v) is 5.88. The second-order valence-corrected chi connectivity index (χ2v) is 4.33. The fourth-order valence-corrected chi connectivity index (χ4v) is 1.40. The van der Waals surface area contributed by atoms with E-state index in [1.165, 1.54) is 0 Å². The van der Waals surface area contributed by atoms with Crippen LogP contribution in [0.2, 0.25) is 0 Å². The lowest BCUT2D eigenvalue weighted by Crippen LogP contribution is -2.39. The summed E-state index contributed by atoms with van der Waals surface area (Å²) >= 11 is 0. The maximum atomic E-state index is 11.9. The van der Waals surface area contributed by atoms with Crippen LogP contribution >= 0.6 is 0 Å². The Labute approximate surface area is 107 Å². The molecule has 0 bridgehead atoms. The molecular formula is C14H18O4. The largest absolute Gasteiger partial charge is 0.480 e. The fourth-order valence-electron chi connectivity index (χ4n) is 1.40. The highest BCUT2D eigenvalue weighted by Gasteiger charge is 2.31. The van der Waals surface area contributed by atoms with Crippen molar-refractivity contribution in [3.8, 4) is 5.75 Å². The minimum Gasteiger partial charge on any atom is -0.480 e. The number of ether oxygens (including phenoxy) is 2. The second-order valence-electron chi connectivity index (χ2n) is 4.33. The van der Waals surface area contributed by atoms with Crippen LogP contribution in [0.4, 0.5) is 0 Å². The zero-order chi connectivity index (χ0) is 13.6. The summed E-state index contributed by atoms with van der Waals surface area (Å²) in [5.41, 5.74) is -1.05. The molecule has 0 amide bonds. The molecule has 0 aliphatic heterocycles. The van der Waals surface area contributed by atoms with Crippen LogP contribution < -0.4 is 4.74 Å². The van der Waals surface area contributed by atoms with Crippen molar-refractivity contribution in [2.75, 3.05) is 6.61 Å². The Morgan fingerprint density at radius 3 is 2.33 bits per heavy atom. The predicted octanol–water partition coefficient (Wildman–Crippen LogP) is 2.37. The SMILES string of the molecule is CCOC(=O)CC(=O)C(C)(C)Oc1ccccc1. The molecule has 98 valence electrons. The van der Waals surface area contributed by atoms with Gasteiger partial charge >= 0.3 is 5.97 Å². The average Bonchev–Trinajstić information content (AvgIpc) is 2.29. The smallest absolute Gasteiger partial charge is 0.313 e. The lowest BCUT2D eigenvalue weighted by molar-refractivity contribution is -0.148. The molecule has 0 spiro atoms. The van der Waals surface area contributed by atoms with Crippen LogP contribution in [0.25, 0.3) is 0 Å². The van der Waals surface area contributed by atoms with Gasteiger partial charge in [-0.05, 0) is 32.9 Å². The Balaban J connectivity index is 2.63. The molecule has 1 aromatic rings. The maximum Gasteiger partial charge on any atom is 0.313 e. The highest BCUT2D eigenvalue weighted by Crippen LogP contribution is 2.19. The first-order chi connectivity index (χ1) is 8.45. The van der Waals surface area contributed by atoms with E-state index in [2.05, 4.69) is 0 Å². The number of hydrogen-bond donors (Lipinski definition) is 0. The number of ketones is 1. The van der Waals surface area contributed by atoms with E-state index >= 15 is 0 Å². The standard InChI is InChI=1S/C14H18O4/c1-4-17-13(16)10-12(15)14(2,3)18-11-8-6-5-7-9-11/h5-9H,4,10H2,1-3H3. The number of benzene rings is 1. The van der Waals surface area contributed by atoms with Crippen LogP contribution in [-0.4, -0.2) is 24.0 Å². The monoisotopic (exact) mass is 250 g/mol. The molecule has 0 saturated carbocycles. The Morgan fingerprint density at radius 1 is 1.17 bits per heavy atom. The van der Waals surface area contributed by atoms with E-state index in [4.69, 9.17) is 9.47 Å². The molecule has 0 aromatic heterocycles. The molecule has 0 unspecified atom stereocenters. The number of Topliss-reactive ketones (excluding diaryl/α,β-unsaturated/α-hetero) is 1. The van der Waals surface area contributed by atoms with E-state index in [0.29, 0.717) is 5.75 Å². The first-order valence-electron chi connectivity index (χ1n) is 5.88. The van der Waals surface area contributed by atoms with E-state index < -0.39 is 11.6 Å². The Kier molecular flexibility index (Phi) is 4.89. The van der Waals surface area contributed by atoms with Gasteiger partial charge in [0.05, 0.1) is 6.61 Å². The molecule has 4 nitrogen and oxygen atoms in total. The van der Waals surface area contributed by atoms with Gasteiger partial charge in [0.25, 0.3) is 0 Å². The lowest BCUT2D eigenvalue weighted by Gasteiger charge is -2.24. The van der Waals surface area contributed by atoms with Gasteiger partial charge in [-0.1, -0.05) is 18.2 Å². The Hall–Kier alpha value is -1.84. The van der Waals surface area contributed by atoms with E-state index in [1.54, 1.807) is 32.9 Å². The van der Waals surface area contributed by atoms with Crippen molar-refractivity contribution < 1.29 is 19.1 Å². The van der Waals surface area contributed by atoms with Crippen molar-refractivity contribution in [2.24, 2.45) is 0 Å². The van der Waals surface area contributed by atoms with Gasteiger partial charge in [0, 0.05) is 0 Å². The predicted molar refractivity (Wildman–Crippen MR) is 67.4 cm³/mol. The average molecular weight is 250 g/mol. The molecule has 1 aromatic carbocycles. The summed E-state index contributed by atoms with van der Waals surface area (Å²) in [6.07, 6.45) is -0.270. The number of para-hydroxylation sites is 1. The number of esters is 1. The molecule has 18 heavy (non-hydrogen) atoms. The van der Waals surface area contributed by atoms with Crippen LogP contribution in [0, 0.1) is 0 Å². The van der Waals surface area contributed by atoms with Crippen LogP contribution in [-0.2, 0) is 14.3 Å². The molecule has 0 radical (unpaired) electrons. The van der Waals surface area contributed by atoms with Gasteiger partial charge in [-0.2, -0.15) is 0 Å². The third-order valence-corrected chi connectivity index (χ3v) is 2.40. The zero-order valence-corrected chi connectivity index (χ0v) is 10.9. The third kappa shape index (κ3) is 4.20. The normalized spacial score (nSPS) is 10.8. The molecular weight excluding hydrogens is 232 g/mol. The quantitative estimate of drug-likeness (QED) is 0.574. The van der Waals surface area contributed by atoms with Crippen LogP contribution in [0.15, 0.2) is 30.3 Å².